The Morgan fingerprint density at radius 2 is 1.77 bits per heavy atom. The summed E-state index contributed by atoms with van der Waals surface area (Å²) in [6, 6.07) is 4.15. The first-order valence-electron chi connectivity index (χ1n) is 14.8. The maximum absolute atomic E-state index is 13.8. The lowest BCUT2D eigenvalue weighted by Crippen LogP contribution is -2.51. The molecule has 1 atom stereocenters. The number of thiophene rings is 1. The van der Waals surface area contributed by atoms with Crippen LogP contribution in [-0.4, -0.2) is 94.9 Å². The van der Waals surface area contributed by atoms with Crippen molar-refractivity contribution < 1.29 is 32.7 Å². The number of hydrogen-bond donors (Lipinski definition) is 2. The Balaban J connectivity index is 1.28. The molecule has 0 bridgehead atoms. The lowest BCUT2D eigenvalue weighted by Gasteiger charge is -2.40. The van der Waals surface area contributed by atoms with Gasteiger partial charge in [-0.05, 0) is 75.3 Å². The summed E-state index contributed by atoms with van der Waals surface area (Å²) in [6.07, 6.45) is -2.46. The second-order valence-electron chi connectivity index (χ2n) is 12.0. The van der Waals surface area contributed by atoms with Crippen LogP contribution in [-0.2, 0) is 28.7 Å². The number of carbonyl (C=O) groups is 3. The average Bonchev–Trinajstić information content (AvgIpc) is 3.44. The van der Waals surface area contributed by atoms with Crippen LogP contribution in [0.25, 0.3) is 0 Å². The standard InChI is InChI=1S/C30H37ClF3N5O4S/c1-36(2)21-3-10-38(11-4-21)28(42)20(13-18-14-23(30(32,33)34)26(41)24(31)15-18)16-25(40)37-8-5-22(6-9-37)39-17-19-7-12-44-27(19)35-29(39)43/h7,12,14-15,20-22,41H,3-6,8-11,13,16-17H2,1-2H3,(H,35,43)/t20-/m0/s1. The zero-order valence-corrected chi connectivity index (χ0v) is 26.3. The van der Waals surface area contributed by atoms with Crippen molar-refractivity contribution in [1.82, 2.24) is 19.6 Å². The third kappa shape index (κ3) is 7.10. The monoisotopic (exact) mass is 655 g/mol. The maximum Gasteiger partial charge on any atom is 0.420 e. The number of piperidine rings is 2. The van der Waals surface area contributed by atoms with Gasteiger partial charge in [-0.1, -0.05) is 11.6 Å². The van der Waals surface area contributed by atoms with Crippen LogP contribution in [0.15, 0.2) is 23.6 Å². The van der Waals surface area contributed by atoms with E-state index in [-0.39, 0.29) is 42.3 Å². The molecule has 240 valence electrons. The highest BCUT2D eigenvalue weighted by atomic mass is 35.5. The highest BCUT2D eigenvalue weighted by Gasteiger charge is 2.38. The molecule has 3 aliphatic heterocycles. The van der Waals surface area contributed by atoms with Gasteiger partial charge in [0.05, 0.1) is 23.0 Å². The Labute approximate surface area is 263 Å². The summed E-state index contributed by atoms with van der Waals surface area (Å²) < 4.78 is 40.8. The fourth-order valence-corrected chi connectivity index (χ4v) is 7.48. The van der Waals surface area contributed by atoms with Gasteiger partial charge in [-0.2, -0.15) is 13.2 Å². The fourth-order valence-electron chi connectivity index (χ4n) is 6.44. The third-order valence-corrected chi connectivity index (χ3v) is 10.2. The molecule has 4 heterocycles. The number of anilines is 1. The number of alkyl halides is 3. The molecule has 0 spiro atoms. The molecule has 4 amide bonds. The molecule has 14 heteroatoms. The van der Waals surface area contributed by atoms with Crippen molar-refractivity contribution in [2.45, 2.75) is 63.3 Å². The van der Waals surface area contributed by atoms with Crippen molar-refractivity contribution in [2.24, 2.45) is 5.92 Å². The predicted molar refractivity (Wildman–Crippen MR) is 162 cm³/mol. The average molecular weight is 656 g/mol. The van der Waals surface area contributed by atoms with E-state index in [0.29, 0.717) is 51.6 Å². The first-order valence-corrected chi connectivity index (χ1v) is 16.0. The molecule has 0 aliphatic carbocycles. The number of amides is 4. The molecule has 2 aromatic rings. The summed E-state index contributed by atoms with van der Waals surface area (Å²) in [5.41, 5.74) is -0.0909. The van der Waals surface area contributed by atoms with Gasteiger partial charge in [-0.25, -0.2) is 4.79 Å². The van der Waals surface area contributed by atoms with E-state index in [1.807, 2.05) is 25.5 Å². The topological polar surface area (TPSA) is 96.4 Å². The minimum absolute atomic E-state index is 0.0394. The number of urea groups is 1. The van der Waals surface area contributed by atoms with Crippen LogP contribution in [0.2, 0.25) is 5.02 Å². The van der Waals surface area contributed by atoms with Crippen LogP contribution in [0.3, 0.4) is 0 Å². The number of phenolic OH excluding ortho intramolecular Hbond substituents is 1. The smallest absolute Gasteiger partial charge is 0.420 e. The van der Waals surface area contributed by atoms with Gasteiger partial charge in [0.2, 0.25) is 11.8 Å². The molecule has 3 aliphatic rings. The molecule has 0 unspecified atom stereocenters. The van der Waals surface area contributed by atoms with E-state index in [2.05, 4.69) is 10.2 Å². The first kappa shape index (κ1) is 32.4. The van der Waals surface area contributed by atoms with E-state index < -0.39 is 28.4 Å². The highest BCUT2D eigenvalue weighted by Crippen LogP contribution is 2.41. The molecule has 2 fully saturated rings. The predicted octanol–water partition coefficient (Wildman–Crippen LogP) is 5.27. The summed E-state index contributed by atoms with van der Waals surface area (Å²) in [7, 11) is 3.97. The Kier molecular flexibility index (Phi) is 9.66. The van der Waals surface area contributed by atoms with E-state index in [1.54, 1.807) is 14.7 Å². The number of hydrogen-bond acceptors (Lipinski definition) is 6. The summed E-state index contributed by atoms with van der Waals surface area (Å²) in [5.74, 6) is -2.50. The number of phenols is 1. The molecule has 0 saturated carbocycles. The van der Waals surface area contributed by atoms with Crippen molar-refractivity contribution in [2.75, 3.05) is 45.6 Å². The summed E-state index contributed by atoms with van der Waals surface area (Å²) in [5, 5.41) is 15.2. The number of benzene rings is 1. The van der Waals surface area contributed by atoms with Crippen molar-refractivity contribution in [3.63, 3.8) is 0 Å². The van der Waals surface area contributed by atoms with Gasteiger partial charge in [0.1, 0.15) is 10.8 Å². The largest absolute Gasteiger partial charge is 0.506 e. The number of likely N-dealkylation sites (tertiary alicyclic amines) is 2. The summed E-state index contributed by atoms with van der Waals surface area (Å²) >= 11 is 7.45. The van der Waals surface area contributed by atoms with E-state index in [0.717, 1.165) is 29.5 Å². The van der Waals surface area contributed by atoms with Crippen molar-refractivity contribution in [3.05, 3.63) is 45.3 Å². The molecular weight excluding hydrogens is 619 g/mol. The number of nitrogens with zero attached hydrogens (tertiary/aromatic N) is 4. The Morgan fingerprint density at radius 1 is 1.11 bits per heavy atom. The van der Waals surface area contributed by atoms with Gasteiger partial charge in [0, 0.05) is 50.2 Å². The van der Waals surface area contributed by atoms with Gasteiger partial charge in [0.25, 0.3) is 0 Å². The quantitative estimate of drug-likeness (QED) is 0.424. The van der Waals surface area contributed by atoms with Crippen LogP contribution < -0.4 is 5.32 Å². The minimum Gasteiger partial charge on any atom is -0.506 e. The van der Waals surface area contributed by atoms with Crippen LogP contribution in [0.1, 0.15) is 48.8 Å². The molecule has 2 saturated heterocycles. The van der Waals surface area contributed by atoms with Crippen molar-refractivity contribution in [3.8, 4) is 5.75 Å². The lowest BCUT2D eigenvalue weighted by atomic mass is 9.91. The molecular formula is C30H37ClF3N5O4S. The number of carbonyl (C=O) groups excluding carboxylic acids is 3. The summed E-state index contributed by atoms with van der Waals surface area (Å²) in [6.45, 7) is 2.31. The van der Waals surface area contributed by atoms with Crippen molar-refractivity contribution in [1.29, 1.82) is 0 Å². The lowest BCUT2D eigenvalue weighted by molar-refractivity contribution is -0.143. The van der Waals surface area contributed by atoms with E-state index in [9.17, 15) is 32.7 Å². The molecule has 9 nitrogen and oxygen atoms in total. The number of nitrogens with one attached hydrogen (secondary N) is 1. The second-order valence-corrected chi connectivity index (χ2v) is 13.4. The van der Waals surface area contributed by atoms with E-state index in [1.165, 1.54) is 17.4 Å². The number of fused-ring (bicyclic) bond motifs is 1. The Morgan fingerprint density at radius 3 is 2.41 bits per heavy atom. The van der Waals surface area contributed by atoms with Gasteiger partial charge in [0.15, 0.2) is 0 Å². The van der Waals surface area contributed by atoms with Gasteiger partial charge in [-0.3, -0.25) is 14.9 Å². The Hall–Kier alpha value is -3.03. The van der Waals surface area contributed by atoms with Gasteiger partial charge in [-0.15, -0.1) is 11.3 Å². The molecule has 1 aromatic heterocycles. The number of halogens is 4. The molecule has 44 heavy (non-hydrogen) atoms. The van der Waals surface area contributed by atoms with Gasteiger partial charge < -0.3 is 24.7 Å². The molecule has 5 rings (SSSR count). The second kappa shape index (κ2) is 13.1. The van der Waals surface area contributed by atoms with Crippen LogP contribution in [0.4, 0.5) is 23.0 Å². The molecule has 1 aromatic carbocycles. The zero-order chi connectivity index (χ0) is 31.8. The van der Waals surface area contributed by atoms with Crippen LogP contribution >= 0.6 is 22.9 Å². The normalized spacial score (nSPS) is 19.2. The minimum atomic E-state index is -4.84. The number of rotatable bonds is 7. The highest BCUT2D eigenvalue weighted by molar-refractivity contribution is 7.14. The zero-order valence-electron chi connectivity index (χ0n) is 24.7. The van der Waals surface area contributed by atoms with Gasteiger partial charge >= 0.3 is 12.2 Å². The van der Waals surface area contributed by atoms with E-state index >= 15 is 0 Å². The van der Waals surface area contributed by atoms with Crippen molar-refractivity contribution >= 4 is 45.8 Å². The summed E-state index contributed by atoms with van der Waals surface area (Å²) in [4.78, 5) is 47.3. The fraction of sp³-hybridized carbons (Fsp3) is 0.567. The maximum atomic E-state index is 13.8. The number of aromatic hydroxyl groups is 1. The van der Waals surface area contributed by atoms with Crippen LogP contribution in [0.5, 0.6) is 5.75 Å². The molecule has 0 radical (unpaired) electrons. The Bertz CT molecular complexity index is 1390. The third-order valence-electron chi connectivity index (χ3n) is 9.01. The molecule has 2 N–H and O–H groups in total. The van der Waals surface area contributed by atoms with Crippen LogP contribution in [0, 0.1) is 5.92 Å². The van der Waals surface area contributed by atoms with E-state index in [4.69, 9.17) is 11.6 Å². The SMILES string of the molecule is CN(C)C1CCN(C(=O)[C@H](CC(=O)N2CCC(N3Cc4ccsc4NC3=O)CC2)Cc2cc(Cl)c(O)c(C(F)(F)F)c2)CC1. The first-order chi connectivity index (χ1) is 20.8.